The molecule has 0 heterocycles. The van der Waals surface area contributed by atoms with Gasteiger partial charge in [0.1, 0.15) is 0 Å². The molecule has 0 amide bonds. The number of phosphoric ester groups is 1. The molecular formula is C76H182NO7P. The number of phosphoric acid groups is 1. The Hall–Kier alpha value is -0.500. The van der Waals surface area contributed by atoms with Crippen molar-refractivity contribution in [1.82, 2.24) is 4.90 Å². The highest BCUT2D eigenvalue weighted by Crippen LogP contribution is 2.49. The van der Waals surface area contributed by atoms with Gasteiger partial charge in [-0.3, -0.25) is 18.4 Å². The second-order valence-corrected chi connectivity index (χ2v) is 22.2. The number of hydrogen-bond donors (Lipinski definition) is 1. The van der Waals surface area contributed by atoms with E-state index in [9.17, 15) is 9.36 Å². The molecule has 0 bridgehead atoms. The molecule has 0 spiro atoms. The number of esters is 1. The van der Waals surface area contributed by atoms with E-state index >= 15 is 0 Å². The Labute approximate surface area is 547 Å². The van der Waals surface area contributed by atoms with Crippen LogP contribution in [-0.4, -0.2) is 69.7 Å². The Morgan fingerprint density at radius 2 is 0.529 bits per heavy atom. The molecule has 0 aromatic carbocycles. The van der Waals surface area contributed by atoms with Crippen LogP contribution in [-0.2, 0) is 27.7 Å². The smallest absolute Gasteiger partial charge is 0.466 e. The first-order valence-corrected chi connectivity index (χ1v) is 39.4. The van der Waals surface area contributed by atoms with Gasteiger partial charge in [-0.25, -0.2) is 4.57 Å². The number of rotatable bonds is 38. The van der Waals surface area contributed by atoms with Crippen molar-refractivity contribution in [3.63, 3.8) is 0 Å². The minimum Gasteiger partial charge on any atom is -0.466 e. The lowest BCUT2D eigenvalue weighted by molar-refractivity contribution is -0.143. The van der Waals surface area contributed by atoms with E-state index in [-0.39, 0.29) is 12.6 Å². The van der Waals surface area contributed by atoms with Gasteiger partial charge in [0.05, 0.1) is 26.4 Å². The van der Waals surface area contributed by atoms with E-state index in [1.807, 2.05) is 62.3 Å². The Bertz CT molecular complexity index is 790. The molecule has 0 saturated carbocycles. The van der Waals surface area contributed by atoms with Crippen LogP contribution in [0.3, 0.4) is 0 Å². The van der Waals surface area contributed by atoms with E-state index in [0.717, 1.165) is 32.1 Å². The molecule has 0 aromatic rings. The van der Waals surface area contributed by atoms with Gasteiger partial charge in [-0.2, -0.15) is 0 Å². The zero-order valence-corrected chi connectivity index (χ0v) is 67.3. The highest BCUT2D eigenvalue weighted by molar-refractivity contribution is 7.48. The van der Waals surface area contributed by atoms with Gasteiger partial charge in [-0.15, -0.1) is 0 Å². The number of aliphatic hydroxyl groups excluding tert-OH is 1. The lowest BCUT2D eigenvalue weighted by Gasteiger charge is -2.17. The number of hydrogen-bond acceptors (Lipinski definition) is 8. The molecule has 1 atom stereocenters. The fourth-order valence-electron chi connectivity index (χ4n) is 5.56. The van der Waals surface area contributed by atoms with Crippen molar-refractivity contribution >= 4 is 13.8 Å². The third-order valence-electron chi connectivity index (χ3n) is 9.66. The fourth-order valence-corrected chi connectivity index (χ4v) is 6.81. The van der Waals surface area contributed by atoms with E-state index < -0.39 is 7.82 Å². The molecule has 85 heavy (non-hydrogen) atoms. The highest BCUT2D eigenvalue weighted by Gasteiger charge is 2.25. The summed E-state index contributed by atoms with van der Waals surface area (Å²) in [6.45, 7) is 63.8. The van der Waals surface area contributed by atoms with Gasteiger partial charge < -0.3 is 14.7 Å². The summed E-state index contributed by atoms with van der Waals surface area (Å²) in [5, 5.41) is 7.57. The second kappa shape index (κ2) is 161. The van der Waals surface area contributed by atoms with Crippen LogP contribution in [0, 0.1) is 0 Å². The van der Waals surface area contributed by atoms with E-state index in [1.54, 1.807) is 6.92 Å². The number of carbonyl (C=O) groups is 1. The molecule has 8 nitrogen and oxygen atoms in total. The highest BCUT2D eigenvalue weighted by atomic mass is 31.2. The standard InChI is InChI=1S/C22H48NO4P.3C7H16.C6H12O2.C4H10.5C3H8.C2H6O.3C2H6/c1-5-7-8-9-12-15-18-21-26-28(24,25-6-2)27-22-19-16-13-10-11-14-17-20-23(3)4;3*1-3-5-7-6-4-2;1-3-5-6(7)8-4-2;1-3-4-2;5*1-3-2;1-2-3;3*1-2/h5-22H2,1-4H3;3*3-7H2,1-2H3;3-5H2,1-2H3;3-4H2,1-2H3;5*3H2,1-2H3;3H,2H2,1H3;3*1-2H3. The summed E-state index contributed by atoms with van der Waals surface area (Å²) in [6.07, 6.45) is 48.2. The lowest BCUT2D eigenvalue weighted by Crippen LogP contribution is -2.12. The van der Waals surface area contributed by atoms with Crippen LogP contribution in [0.2, 0.25) is 0 Å². The van der Waals surface area contributed by atoms with E-state index in [1.165, 1.54) is 212 Å². The monoisotopic (exact) mass is 1250 g/mol. The quantitative estimate of drug-likeness (QED) is 0.0371. The van der Waals surface area contributed by atoms with Crippen molar-refractivity contribution in [2.45, 2.75) is 445 Å². The number of unbranched alkanes of at least 4 members (excludes halogenated alkanes) is 25. The molecule has 1 N–H and O–H groups in total. The molecule has 0 aromatic heterocycles. The van der Waals surface area contributed by atoms with Crippen molar-refractivity contribution in [1.29, 1.82) is 0 Å². The first-order valence-electron chi connectivity index (χ1n) is 37.9. The number of carbonyl (C=O) groups excluding carboxylic acids is 1. The minimum absolute atomic E-state index is 0.0880. The average molecular weight is 1250 g/mol. The van der Waals surface area contributed by atoms with E-state index in [0.29, 0.717) is 32.8 Å². The Kier molecular flexibility index (Phi) is 230. The van der Waals surface area contributed by atoms with Crippen molar-refractivity contribution in [3.05, 3.63) is 0 Å². The first-order chi connectivity index (χ1) is 41.0. The summed E-state index contributed by atoms with van der Waals surface area (Å²) in [4.78, 5) is 12.7. The molecule has 0 saturated heterocycles. The summed E-state index contributed by atoms with van der Waals surface area (Å²) < 4.78 is 33.5. The van der Waals surface area contributed by atoms with Gasteiger partial charge in [-0.1, -0.05) is 392 Å². The number of nitrogens with zero attached hydrogens (tertiary/aromatic N) is 1. The van der Waals surface area contributed by atoms with Gasteiger partial charge in [0.2, 0.25) is 0 Å². The normalized spacial score (nSPS) is 9.56. The molecule has 0 rings (SSSR count). The van der Waals surface area contributed by atoms with Crippen LogP contribution in [0.15, 0.2) is 0 Å². The third kappa shape index (κ3) is 246. The molecule has 538 valence electrons. The second-order valence-electron chi connectivity index (χ2n) is 20.5. The van der Waals surface area contributed by atoms with Crippen molar-refractivity contribution in [2.75, 3.05) is 53.7 Å². The molecule has 0 aliphatic carbocycles. The molecule has 0 aliphatic rings. The minimum atomic E-state index is -3.37. The zero-order chi connectivity index (χ0) is 69.6. The lowest BCUT2D eigenvalue weighted by atomic mass is 10.1. The van der Waals surface area contributed by atoms with Crippen LogP contribution >= 0.6 is 7.82 Å². The topological polar surface area (TPSA) is 94.5 Å². The maximum atomic E-state index is 12.6. The zero-order valence-electron chi connectivity index (χ0n) is 66.4. The third-order valence-corrected chi connectivity index (χ3v) is 11.2. The van der Waals surface area contributed by atoms with Gasteiger partial charge in [0.25, 0.3) is 0 Å². The van der Waals surface area contributed by atoms with Crippen LogP contribution in [0.25, 0.3) is 0 Å². The average Bonchev–Trinajstić information content (AvgIpc) is 3.48. The Balaban J connectivity index is -0.0000000546. The van der Waals surface area contributed by atoms with Crippen LogP contribution < -0.4 is 0 Å². The van der Waals surface area contributed by atoms with Crippen molar-refractivity contribution in [2.24, 2.45) is 0 Å². The fraction of sp³-hybridized carbons (Fsp3) is 0.987. The number of ether oxygens (including phenoxy) is 1. The van der Waals surface area contributed by atoms with Crippen LogP contribution in [0.1, 0.15) is 445 Å². The van der Waals surface area contributed by atoms with Gasteiger partial charge >= 0.3 is 13.8 Å². The molecule has 9 heteroatoms. The van der Waals surface area contributed by atoms with Gasteiger partial charge in [0.15, 0.2) is 0 Å². The maximum Gasteiger partial charge on any atom is 0.474 e. The predicted octanol–water partition coefficient (Wildman–Crippen LogP) is 29.5. The van der Waals surface area contributed by atoms with Crippen molar-refractivity contribution < 1.29 is 32.8 Å². The van der Waals surface area contributed by atoms with Crippen LogP contribution in [0.4, 0.5) is 0 Å². The molecular weight excluding hydrogens is 1070 g/mol. The molecule has 0 radical (unpaired) electrons. The summed E-state index contributed by atoms with van der Waals surface area (Å²) >= 11 is 0. The number of aliphatic hydroxyl groups is 1. The predicted molar refractivity (Wildman–Crippen MR) is 402 cm³/mol. The molecule has 0 fully saturated rings. The largest absolute Gasteiger partial charge is 0.474 e. The summed E-state index contributed by atoms with van der Waals surface area (Å²) in [7, 11) is 0.879. The van der Waals surface area contributed by atoms with Crippen molar-refractivity contribution in [3.8, 4) is 0 Å². The van der Waals surface area contributed by atoms with Gasteiger partial charge in [-0.05, 0) is 67.1 Å². The maximum absolute atomic E-state index is 12.6. The Morgan fingerprint density at radius 1 is 0.318 bits per heavy atom. The summed E-state index contributed by atoms with van der Waals surface area (Å²) in [6, 6.07) is 0. The molecule has 0 aliphatic heterocycles. The van der Waals surface area contributed by atoms with E-state index in [2.05, 4.69) is 155 Å². The van der Waals surface area contributed by atoms with Crippen LogP contribution in [0.5, 0.6) is 0 Å². The SMILES string of the molecule is CC.CC.CC.CCC.CCC.CCC.CCC.CCC.CCCC.CCCC(=O)OCC.CCCCCCC.CCCCCCC.CCCCCCC.CCCCCCCCCOP(=O)(OCC)OCCCCCCCCCN(C)C.CCO. The Morgan fingerprint density at radius 3 is 0.718 bits per heavy atom. The summed E-state index contributed by atoms with van der Waals surface area (Å²) in [5.74, 6) is -0.0880. The van der Waals surface area contributed by atoms with E-state index in [4.69, 9.17) is 18.7 Å². The first kappa shape index (κ1) is 122. The van der Waals surface area contributed by atoms with Gasteiger partial charge in [0, 0.05) is 13.0 Å². The molecule has 1 unspecified atom stereocenters. The summed E-state index contributed by atoms with van der Waals surface area (Å²) in [5.41, 5.74) is 0.